The summed E-state index contributed by atoms with van der Waals surface area (Å²) in [5.74, 6) is -0.257. The molecule has 0 radical (unpaired) electrons. The Kier molecular flexibility index (Phi) is 3.24. The molecule has 0 spiro atoms. The second-order valence-electron chi connectivity index (χ2n) is 4.09. The third kappa shape index (κ3) is 2.22. The predicted molar refractivity (Wildman–Crippen MR) is 65.7 cm³/mol. The van der Waals surface area contributed by atoms with Gasteiger partial charge in [-0.2, -0.15) is 5.10 Å². The largest absolute Gasteiger partial charge is 0.313 e. The molecular formula is C13H16FN3. The van der Waals surface area contributed by atoms with E-state index in [0.717, 1.165) is 11.3 Å². The molecule has 2 aromatic rings. The molecule has 0 aliphatic rings. The van der Waals surface area contributed by atoms with Gasteiger partial charge in [-0.1, -0.05) is 12.1 Å². The first-order valence-corrected chi connectivity index (χ1v) is 5.62. The average molecular weight is 233 g/mol. The number of aromatic nitrogens is 2. The molecule has 0 bridgehead atoms. The maximum Gasteiger partial charge on any atom is 0.149 e. The van der Waals surface area contributed by atoms with Crippen molar-refractivity contribution in [3.8, 4) is 5.69 Å². The van der Waals surface area contributed by atoms with E-state index in [1.54, 1.807) is 16.9 Å². The van der Waals surface area contributed by atoms with E-state index in [0.29, 0.717) is 5.69 Å². The average Bonchev–Trinajstić information content (AvgIpc) is 2.74. The zero-order valence-corrected chi connectivity index (χ0v) is 10.2. The highest BCUT2D eigenvalue weighted by Gasteiger charge is 2.15. The Morgan fingerprint density at radius 3 is 2.71 bits per heavy atom. The minimum atomic E-state index is -0.257. The summed E-state index contributed by atoms with van der Waals surface area (Å²) in [5, 5.41) is 7.39. The van der Waals surface area contributed by atoms with Crippen molar-refractivity contribution in [3.05, 3.63) is 47.5 Å². The van der Waals surface area contributed by atoms with Gasteiger partial charge in [-0.15, -0.1) is 0 Å². The fraction of sp³-hybridized carbons (Fsp3) is 0.308. The van der Waals surface area contributed by atoms with E-state index in [4.69, 9.17) is 0 Å². The summed E-state index contributed by atoms with van der Waals surface area (Å²) < 4.78 is 15.5. The standard InChI is InChI=1S/C13H16FN3/c1-9-7-8-17(16-9)13-11(10(2)15-3)5-4-6-12(13)14/h4-8,10,15H,1-3H3. The summed E-state index contributed by atoms with van der Waals surface area (Å²) in [5.41, 5.74) is 2.29. The minimum Gasteiger partial charge on any atom is -0.313 e. The molecule has 90 valence electrons. The molecule has 0 saturated heterocycles. The molecule has 1 unspecified atom stereocenters. The topological polar surface area (TPSA) is 29.9 Å². The molecule has 1 heterocycles. The van der Waals surface area contributed by atoms with Gasteiger partial charge < -0.3 is 5.32 Å². The van der Waals surface area contributed by atoms with Gasteiger partial charge in [0.05, 0.1) is 5.69 Å². The van der Waals surface area contributed by atoms with Gasteiger partial charge in [0.25, 0.3) is 0 Å². The number of hydrogen-bond donors (Lipinski definition) is 1. The lowest BCUT2D eigenvalue weighted by Crippen LogP contribution is -2.16. The number of halogens is 1. The number of nitrogens with one attached hydrogen (secondary N) is 1. The molecule has 17 heavy (non-hydrogen) atoms. The first-order valence-electron chi connectivity index (χ1n) is 5.62. The van der Waals surface area contributed by atoms with Crippen molar-refractivity contribution in [1.82, 2.24) is 15.1 Å². The van der Waals surface area contributed by atoms with Crippen LogP contribution in [0.4, 0.5) is 4.39 Å². The number of aryl methyl sites for hydroxylation is 1. The van der Waals surface area contributed by atoms with Crippen LogP contribution in [0, 0.1) is 12.7 Å². The maximum absolute atomic E-state index is 14.0. The van der Waals surface area contributed by atoms with Crippen LogP contribution >= 0.6 is 0 Å². The number of rotatable bonds is 3. The van der Waals surface area contributed by atoms with E-state index in [1.807, 2.05) is 33.0 Å². The van der Waals surface area contributed by atoms with Crippen LogP contribution < -0.4 is 5.32 Å². The Morgan fingerprint density at radius 2 is 2.12 bits per heavy atom. The molecule has 1 N–H and O–H groups in total. The molecule has 1 aromatic carbocycles. The lowest BCUT2D eigenvalue weighted by molar-refractivity contribution is 0.588. The van der Waals surface area contributed by atoms with Crippen LogP contribution in [-0.4, -0.2) is 16.8 Å². The Balaban J connectivity index is 2.58. The first-order chi connectivity index (χ1) is 8.13. The predicted octanol–water partition coefficient (Wildman–Crippen LogP) is 2.60. The van der Waals surface area contributed by atoms with Gasteiger partial charge in [0.15, 0.2) is 0 Å². The van der Waals surface area contributed by atoms with Crippen LogP contribution in [0.15, 0.2) is 30.5 Å². The lowest BCUT2D eigenvalue weighted by atomic mass is 10.1. The summed E-state index contributed by atoms with van der Waals surface area (Å²) >= 11 is 0. The summed E-state index contributed by atoms with van der Waals surface area (Å²) in [7, 11) is 1.85. The number of benzene rings is 1. The highest BCUT2D eigenvalue weighted by molar-refractivity contribution is 5.43. The molecule has 3 nitrogen and oxygen atoms in total. The van der Waals surface area contributed by atoms with E-state index < -0.39 is 0 Å². The molecular weight excluding hydrogens is 217 g/mol. The van der Waals surface area contributed by atoms with Crippen molar-refractivity contribution >= 4 is 0 Å². The van der Waals surface area contributed by atoms with Crippen molar-refractivity contribution < 1.29 is 4.39 Å². The van der Waals surface area contributed by atoms with Crippen molar-refractivity contribution in [3.63, 3.8) is 0 Å². The quantitative estimate of drug-likeness (QED) is 0.883. The lowest BCUT2D eigenvalue weighted by Gasteiger charge is -2.16. The summed E-state index contributed by atoms with van der Waals surface area (Å²) in [4.78, 5) is 0. The number of nitrogens with zero attached hydrogens (tertiary/aromatic N) is 2. The molecule has 0 amide bonds. The van der Waals surface area contributed by atoms with Crippen molar-refractivity contribution in [1.29, 1.82) is 0 Å². The van der Waals surface area contributed by atoms with Gasteiger partial charge in [-0.05, 0) is 38.6 Å². The Labute approximate surface area is 100 Å². The maximum atomic E-state index is 14.0. The molecule has 0 aliphatic heterocycles. The Bertz CT molecular complexity index is 519. The summed E-state index contributed by atoms with van der Waals surface area (Å²) in [6, 6.07) is 7.03. The highest BCUT2D eigenvalue weighted by Crippen LogP contribution is 2.23. The van der Waals surface area contributed by atoms with Crippen LogP contribution in [0.5, 0.6) is 0 Å². The first kappa shape index (κ1) is 11.8. The smallest absolute Gasteiger partial charge is 0.149 e. The SMILES string of the molecule is CNC(C)c1cccc(F)c1-n1ccc(C)n1. The van der Waals surface area contributed by atoms with Gasteiger partial charge in [-0.3, -0.25) is 0 Å². The zero-order valence-electron chi connectivity index (χ0n) is 10.2. The highest BCUT2D eigenvalue weighted by atomic mass is 19.1. The molecule has 0 aliphatic carbocycles. The Hall–Kier alpha value is -1.68. The fourth-order valence-corrected chi connectivity index (χ4v) is 1.82. The van der Waals surface area contributed by atoms with Crippen LogP contribution in [0.1, 0.15) is 24.2 Å². The Morgan fingerprint density at radius 1 is 1.35 bits per heavy atom. The van der Waals surface area contributed by atoms with Crippen LogP contribution in [0.2, 0.25) is 0 Å². The van der Waals surface area contributed by atoms with E-state index in [9.17, 15) is 4.39 Å². The van der Waals surface area contributed by atoms with Gasteiger partial charge in [0, 0.05) is 12.2 Å². The number of para-hydroxylation sites is 1. The van der Waals surface area contributed by atoms with Crippen molar-refractivity contribution in [2.45, 2.75) is 19.9 Å². The summed E-state index contributed by atoms with van der Waals surface area (Å²) in [6.45, 7) is 3.88. The van der Waals surface area contributed by atoms with Crippen LogP contribution in [0.3, 0.4) is 0 Å². The normalized spacial score (nSPS) is 12.7. The van der Waals surface area contributed by atoms with Gasteiger partial charge in [0.2, 0.25) is 0 Å². The molecule has 1 aromatic heterocycles. The van der Waals surface area contributed by atoms with E-state index in [-0.39, 0.29) is 11.9 Å². The van der Waals surface area contributed by atoms with Crippen LogP contribution in [0.25, 0.3) is 5.69 Å². The molecule has 0 fully saturated rings. The fourth-order valence-electron chi connectivity index (χ4n) is 1.82. The summed E-state index contributed by atoms with van der Waals surface area (Å²) in [6.07, 6.45) is 1.78. The molecule has 0 saturated carbocycles. The second-order valence-corrected chi connectivity index (χ2v) is 4.09. The van der Waals surface area contributed by atoms with Gasteiger partial charge in [0.1, 0.15) is 11.5 Å². The minimum absolute atomic E-state index is 0.0743. The monoisotopic (exact) mass is 233 g/mol. The molecule has 2 rings (SSSR count). The second kappa shape index (κ2) is 4.67. The molecule has 4 heteroatoms. The van der Waals surface area contributed by atoms with Crippen molar-refractivity contribution in [2.24, 2.45) is 0 Å². The zero-order chi connectivity index (χ0) is 12.4. The van der Waals surface area contributed by atoms with E-state index in [2.05, 4.69) is 10.4 Å². The molecule has 1 atom stereocenters. The van der Waals surface area contributed by atoms with E-state index in [1.165, 1.54) is 6.07 Å². The third-order valence-corrected chi connectivity index (χ3v) is 2.87. The van der Waals surface area contributed by atoms with Crippen molar-refractivity contribution in [2.75, 3.05) is 7.05 Å². The van der Waals surface area contributed by atoms with Gasteiger partial charge >= 0.3 is 0 Å². The number of hydrogen-bond acceptors (Lipinski definition) is 2. The van der Waals surface area contributed by atoms with E-state index >= 15 is 0 Å². The van der Waals surface area contributed by atoms with Crippen LogP contribution in [-0.2, 0) is 0 Å². The third-order valence-electron chi connectivity index (χ3n) is 2.87. The van der Waals surface area contributed by atoms with Gasteiger partial charge in [-0.25, -0.2) is 9.07 Å².